The molecule has 1 aromatic rings. The Bertz CT molecular complexity index is 453. The second-order valence-corrected chi connectivity index (χ2v) is 5.65. The monoisotopic (exact) mass is 362 g/mol. The summed E-state index contributed by atoms with van der Waals surface area (Å²) in [6, 6.07) is 5.91. The SMILES string of the molecule is COc1ccc(CCC(=O)NCC2CNC2)cc1Br.Cl. The molecule has 4 nitrogen and oxygen atoms in total. The van der Waals surface area contributed by atoms with Crippen LogP contribution < -0.4 is 15.4 Å². The fourth-order valence-corrected chi connectivity index (χ4v) is 2.55. The van der Waals surface area contributed by atoms with Gasteiger partial charge in [0.1, 0.15) is 5.75 Å². The van der Waals surface area contributed by atoms with E-state index >= 15 is 0 Å². The van der Waals surface area contributed by atoms with Crippen molar-refractivity contribution in [3.05, 3.63) is 28.2 Å². The molecule has 2 rings (SSSR count). The van der Waals surface area contributed by atoms with E-state index < -0.39 is 0 Å². The number of ether oxygens (including phenoxy) is 1. The lowest BCUT2D eigenvalue weighted by molar-refractivity contribution is -0.121. The Balaban J connectivity index is 0.00000200. The Morgan fingerprint density at radius 3 is 2.80 bits per heavy atom. The molecule has 0 saturated carbocycles. The van der Waals surface area contributed by atoms with Crippen molar-refractivity contribution in [2.75, 3.05) is 26.7 Å². The molecule has 0 aromatic heterocycles. The third-order valence-electron chi connectivity index (χ3n) is 3.31. The van der Waals surface area contributed by atoms with Crippen molar-refractivity contribution >= 4 is 34.2 Å². The van der Waals surface area contributed by atoms with E-state index in [0.717, 1.165) is 41.8 Å². The standard InChI is InChI=1S/C14H19BrN2O2.ClH/c1-19-13-4-2-10(6-12(13)15)3-5-14(18)17-9-11-7-16-8-11;/h2,4,6,11,16H,3,5,7-9H2,1H3,(H,17,18);1H. The highest BCUT2D eigenvalue weighted by Crippen LogP contribution is 2.25. The van der Waals surface area contributed by atoms with Crippen LogP contribution in [0, 0.1) is 5.92 Å². The van der Waals surface area contributed by atoms with Gasteiger partial charge in [0.05, 0.1) is 11.6 Å². The normalized spacial score (nSPS) is 14.1. The Morgan fingerprint density at radius 2 is 2.25 bits per heavy atom. The molecule has 1 fully saturated rings. The first-order chi connectivity index (χ1) is 9.19. The van der Waals surface area contributed by atoms with E-state index in [4.69, 9.17) is 4.74 Å². The molecule has 20 heavy (non-hydrogen) atoms. The summed E-state index contributed by atoms with van der Waals surface area (Å²) in [4.78, 5) is 11.7. The van der Waals surface area contributed by atoms with Crippen LogP contribution in [0.25, 0.3) is 0 Å². The first kappa shape index (κ1) is 17.3. The number of hydrogen-bond acceptors (Lipinski definition) is 3. The van der Waals surface area contributed by atoms with Gasteiger partial charge in [-0.15, -0.1) is 12.4 Å². The highest BCUT2D eigenvalue weighted by atomic mass is 79.9. The van der Waals surface area contributed by atoms with Crippen LogP contribution in [-0.2, 0) is 11.2 Å². The van der Waals surface area contributed by atoms with Crippen LogP contribution in [0.2, 0.25) is 0 Å². The molecule has 0 unspecified atom stereocenters. The Labute approximate surface area is 134 Å². The van der Waals surface area contributed by atoms with Gasteiger partial charge in [0, 0.05) is 32.0 Å². The smallest absolute Gasteiger partial charge is 0.220 e. The lowest BCUT2D eigenvalue weighted by atomic mass is 10.0. The minimum atomic E-state index is 0. The van der Waals surface area contributed by atoms with Crippen molar-refractivity contribution < 1.29 is 9.53 Å². The molecule has 0 bridgehead atoms. The summed E-state index contributed by atoms with van der Waals surface area (Å²) in [6.07, 6.45) is 1.27. The number of methoxy groups -OCH3 is 1. The van der Waals surface area contributed by atoms with Crippen LogP contribution in [0.4, 0.5) is 0 Å². The summed E-state index contributed by atoms with van der Waals surface area (Å²) >= 11 is 3.45. The molecule has 0 spiro atoms. The quantitative estimate of drug-likeness (QED) is 0.814. The maximum Gasteiger partial charge on any atom is 0.220 e. The third kappa shape index (κ3) is 4.96. The van der Waals surface area contributed by atoms with Crippen molar-refractivity contribution in [2.45, 2.75) is 12.8 Å². The van der Waals surface area contributed by atoms with Crippen LogP contribution in [0.15, 0.2) is 22.7 Å². The molecule has 1 aromatic carbocycles. The van der Waals surface area contributed by atoms with Crippen LogP contribution in [0.1, 0.15) is 12.0 Å². The number of carbonyl (C=O) groups is 1. The third-order valence-corrected chi connectivity index (χ3v) is 3.93. The molecular weight excluding hydrogens is 344 g/mol. The minimum Gasteiger partial charge on any atom is -0.496 e. The predicted octanol–water partition coefficient (Wildman–Crippen LogP) is 2.15. The molecule has 1 aliphatic heterocycles. The zero-order valence-electron chi connectivity index (χ0n) is 11.4. The van der Waals surface area contributed by atoms with E-state index in [1.54, 1.807) is 7.11 Å². The van der Waals surface area contributed by atoms with Crippen molar-refractivity contribution in [1.82, 2.24) is 10.6 Å². The number of aryl methyl sites for hydroxylation is 1. The maximum atomic E-state index is 11.7. The zero-order chi connectivity index (χ0) is 13.7. The molecule has 6 heteroatoms. The molecule has 0 aliphatic carbocycles. The number of nitrogens with one attached hydrogen (secondary N) is 2. The maximum absolute atomic E-state index is 11.7. The number of carbonyl (C=O) groups excluding carboxylic acids is 1. The van der Waals surface area contributed by atoms with E-state index in [-0.39, 0.29) is 18.3 Å². The van der Waals surface area contributed by atoms with Gasteiger partial charge in [0.25, 0.3) is 0 Å². The van der Waals surface area contributed by atoms with Crippen LogP contribution in [0.5, 0.6) is 5.75 Å². The molecule has 1 aliphatic rings. The van der Waals surface area contributed by atoms with Crippen LogP contribution >= 0.6 is 28.3 Å². The topological polar surface area (TPSA) is 50.4 Å². The number of benzene rings is 1. The lowest BCUT2D eigenvalue weighted by Crippen LogP contribution is -2.48. The Kier molecular flexibility index (Phi) is 7.34. The van der Waals surface area contributed by atoms with Crippen molar-refractivity contribution in [3.8, 4) is 5.75 Å². The van der Waals surface area contributed by atoms with E-state index in [9.17, 15) is 4.79 Å². The molecule has 1 saturated heterocycles. The summed E-state index contributed by atoms with van der Waals surface area (Å²) in [5, 5.41) is 6.17. The average Bonchev–Trinajstić information content (AvgIpc) is 2.34. The Morgan fingerprint density at radius 1 is 1.50 bits per heavy atom. The zero-order valence-corrected chi connectivity index (χ0v) is 13.9. The molecule has 1 amide bonds. The lowest BCUT2D eigenvalue weighted by Gasteiger charge is -2.27. The highest BCUT2D eigenvalue weighted by molar-refractivity contribution is 9.10. The first-order valence-corrected chi connectivity index (χ1v) is 7.28. The van der Waals surface area contributed by atoms with Crippen LogP contribution in [0.3, 0.4) is 0 Å². The van der Waals surface area contributed by atoms with Gasteiger partial charge in [0.2, 0.25) is 5.91 Å². The van der Waals surface area contributed by atoms with E-state index in [1.165, 1.54) is 0 Å². The molecule has 1 heterocycles. The van der Waals surface area contributed by atoms with Gasteiger partial charge in [-0.3, -0.25) is 4.79 Å². The highest BCUT2D eigenvalue weighted by Gasteiger charge is 2.16. The van der Waals surface area contributed by atoms with Crippen LogP contribution in [-0.4, -0.2) is 32.7 Å². The van der Waals surface area contributed by atoms with E-state index in [0.29, 0.717) is 12.3 Å². The molecule has 112 valence electrons. The summed E-state index contributed by atoms with van der Waals surface area (Å²) in [6.45, 7) is 2.83. The molecule has 2 N–H and O–H groups in total. The predicted molar refractivity (Wildman–Crippen MR) is 85.6 cm³/mol. The Hall–Kier alpha value is -0.780. The molecule has 0 atom stereocenters. The number of halogens is 2. The molecular formula is C14H20BrClN2O2. The average molecular weight is 364 g/mol. The van der Waals surface area contributed by atoms with Gasteiger partial charge >= 0.3 is 0 Å². The van der Waals surface area contributed by atoms with Gasteiger partial charge in [-0.2, -0.15) is 0 Å². The van der Waals surface area contributed by atoms with E-state index in [1.807, 2.05) is 18.2 Å². The summed E-state index contributed by atoms with van der Waals surface area (Å²) in [5.41, 5.74) is 1.13. The second-order valence-electron chi connectivity index (χ2n) is 4.80. The first-order valence-electron chi connectivity index (χ1n) is 6.49. The summed E-state index contributed by atoms with van der Waals surface area (Å²) < 4.78 is 6.10. The largest absolute Gasteiger partial charge is 0.496 e. The second kappa shape index (κ2) is 8.49. The summed E-state index contributed by atoms with van der Waals surface area (Å²) in [7, 11) is 1.64. The van der Waals surface area contributed by atoms with Gasteiger partial charge in [-0.1, -0.05) is 6.07 Å². The van der Waals surface area contributed by atoms with Gasteiger partial charge in [-0.25, -0.2) is 0 Å². The van der Waals surface area contributed by atoms with E-state index in [2.05, 4.69) is 26.6 Å². The molecule has 0 radical (unpaired) electrons. The number of rotatable bonds is 6. The summed E-state index contributed by atoms with van der Waals surface area (Å²) in [5.74, 6) is 1.55. The number of amides is 1. The van der Waals surface area contributed by atoms with Gasteiger partial charge in [-0.05, 0) is 40.0 Å². The van der Waals surface area contributed by atoms with Crippen molar-refractivity contribution in [3.63, 3.8) is 0 Å². The minimum absolute atomic E-state index is 0. The number of hydrogen-bond donors (Lipinski definition) is 2. The van der Waals surface area contributed by atoms with Crippen molar-refractivity contribution in [2.24, 2.45) is 5.92 Å². The fraction of sp³-hybridized carbons (Fsp3) is 0.500. The fourth-order valence-electron chi connectivity index (χ4n) is 1.96. The van der Waals surface area contributed by atoms with Gasteiger partial charge < -0.3 is 15.4 Å². The van der Waals surface area contributed by atoms with Crippen molar-refractivity contribution in [1.29, 1.82) is 0 Å². The van der Waals surface area contributed by atoms with Gasteiger partial charge in [0.15, 0.2) is 0 Å².